The van der Waals surface area contributed by atoms with Crippen molar-refractivity contribution < 1.29 is 14.3 Å². The molecule has 2 heterocycles. The second-order valence-corrected chi connectivity index (χ2v) is 7.95. The Hall–Kier alpha value is -2.24. The van der Waals surface area contributed by atoms with Gasteiger partial charge in [-0.2, -0.15) is 0 Å². The van der Waals surface area contributed by atoms with E-state index in [1.54, 1.807) is 13.2 Å². The Bertz CT molecular complexity index is 832. The average molecular weight is 431 g/mol. The lowest BCUT2D eigenvalue weighted by Crippen LogP contribution is -2.50. The molecule has 0 radical (unpaired) electrons. The van der Waals surface area contributed by atoms with E-state index < -0.39 is 0 Å². The van der Waals surface area contributed by atoms with Gasteiger partial charge in [0, 0.05) is 24.7 Å². The van der Waals surface area contributed by atoms with Crippen LogP contribution in [0.15, 0.2) is 48.5 Å². The molecule has 1 amide bonds. The zero-order valence-electron chi connectivity index (χ0n) is 17.7. The van der Waals surface area contributed by atoms with Crippen LogP contribution in [0.2, 0.25) is 0 Å². The van der Waals surface area contributed by atoms with Gasteiger partial charge < -0.3 is 14.8 Å². The van der Waals surface area contributed by atoms with Gasteiger partial charge in [0.1, 0.15) is 0 Å². The van der Waals surface area contributed by atoms with Crippen molar-refractivity contribution in [1.82, 2.24) is 10.2 Å². The number of amides is 1. The maximum Gasteiger partial charge on any atom is 0.255 e. The molecule has 2 aliphatic rings. The molecule has 2 saturated heterocycles. The molecular formula is C24H31ClN2O3. The third-order valence-corrected chi connectivity index (χ3v) is 6.16. The Morgan fingerprint density at radius 2 is 1.77 bits per heavy atom. The van der Waals surface area contributed by atoms with E-state index in [0.717, 1.165) is 19.4 Å². The predicted octanol–water partition coefficient (Wildman–Crippen LogP) is 4.44. The first-order valence-corrected chi connectivity index (χ1v) is 10.6. The molecule has 0 aromatic heterocycles. The summed E-state index contributed by atoms with van der Waals surface area (Å²) < 4.78 is 11.1. The molecule has 4 rings (SSSR count). The summed E-state index contributed by atoms with van der Waals surface area (Å²) in [6.07, 6.45) is 4.44. The summed E-state index contributed by atoms with van der Waals surface area (Å²) in [5, 5.41) is 3.26. The lowest BCUT2D eigenvalue weighted by Gasteiger charge is -2.39. The number of hydrogen-bond acceptors (Lipinski definition) is 4. The highest BCUT2D eigenvalue weighted by Gasteiger charge is 2.41. The van der Waals surface area contributed by atoms with Gasteiger partial charge in [-0.05, 0) is 50.3 Å². The fourth-order valence-electron chi connectivity index (χ4n) is 4.88. The molecule has 2 bridgehead atoms. The zero-order valence-corrected chi connectivity index (χ0v) is 18.5. The Morgan fingerprint density at radius 1 is 1.07 bits per heavy atom. The molecule has 5 nitrogen and oxygen atoms in total. The third-order valence-electron chi connectivity index (χ3n) is 6.16. The van der Waals surface area contributed by atoms with Crippen LogP contribution in [0.1, 0.15) is 48.5 Å². The summed E-state index contributed by atoms with van der Waals surface area (Å²) in [5.41, 5.74) is 1.90. The molecule has 0 saturated carbocycles. The van der Waals surface area contributed by atoms with Crippen molar-refractivity contribution in [2.24, 2.45) is 0 Å². The van der Waals surface area contributed by atoms with Crippen LogP contribution < -0.4 is 14.8 Å². The van der Waals surface area contributed by atoms with E-state index in [0.29, 0.717) is 35.8 Å². The van der Waals surface area contributed by atoms with Crippen LogP contribution in [-0.4, -0.2) is 42.6 Å². The van der Waals surface area contributed by atoms with Crippen molar-refractivity contribution in [2.75, 3.05) is 13.7 Å². The van der Waals surface area contributed by atoms with Crippen LogP contribution >= 0.6 is 12.4 Å². The summed E-state index contributed by atoms with van der Waals surface area (Å²) in [7, 11) is 1.58. The molecule has 2 atom stereocenters. The van der Waals surface area contributed by atoms with Gasteiger partial charge in [-0.15, -0.1) is 12.4 Å². The Kier molecular flexibility index (Phi) is 7.62. The largest absolute Gasteiger partial charge is 0.492 e. The van der Waals surface area contributed by atoms with Crippen molar-refractivity contribution >= 4 is 18.3 Å². The first-order chi connectivity index (χ1) is 14.2. The van der Waals surface area contributed by atoms with Gasteiger partial charge >= 0.3 is 0 Å². The molecule has 2 aromatic carbocycles. The molecule has 2 fully saturated rings. The van der Waals surface area contributed by atoms with E-state index in [1.165, 1.54) is 18.4 Å². The molecule has 2 aliphatic heterocycles. The number of ether oxygens (including phenoxy) is 2. The van der Waals surface area contributed by atoms with E-state index in [1.807, 2.05) is 19.1 Å². The fraction of sp³-hybridized carbons (Fsp3) is 0.458. The number of piperidine rings is 1. The van der Waals surface area contributed by atoms with E-state index in [2.05, 4.69) is 40.5 Å². The lowest BCUT2D eigenvalue weighted by molar-refractivity contribution is 0.0824. The maximum absolute atomic E-state index is 13.0. The van der Waals surface area contributed by atoms with Crippen LogP contribution in [0, 0.1) is 0 Å². The molecule has 30 heavy (non-hydrogen) atoms. The monoisotopic (exact) mass is 430 g/mol. The number of benzene rings is 2. The second-order valence-electron chi connectivity index (χ2n) is 7.95. The number of carbonyl (C=O) groups excluding carboxylic acids is 1. The Balaban J connectivity index is 0.00000256. The normalized spacial score (nSPS) is 22.8. The highest BCUT2D eigenvalue weighted by molar-refractivity contribution is 5.98. The molecule has 0 aliphatic carbocycles. The van der Waals surface area contributed by atoms with Gasteiger partial charge in [0.25, 0.3) is 5.91 Å². The maximum atomic E-state index is 13.0. The van der Waals surface area contributed by atoms with E-state index >= 15 is 0 Å². The van der Waals surface area contributed by atoms with Crippen molar-refractivity contribution in [2.45, 2.75) is 57.3 Å². The summed E-state index contributed by atoms with van der Waals surface area (Å²) in [5.74, 6) is 1.04. The lowest BCUT2D eigenvalue weighted by atomic mass is 9.96. The second kappa shape index (κ2) is 10.2. The fourth-order valence-corrected chi connectivity index (χ4v) is 4.88. The van der Waals surface area contributed by atoms with E-state index in [4.69, 9.17) is 9.47 Å². The highest BCUT2D eigenvalue weighted by atomic mass is 35.5. The molecule has 162 valence electrons. The van der Waals surface area contributed by atoms with Gasteiger partial charge in [-0.25, -0.2) is 0 Å². The van der Waals surface area contributed by atoms with E-state index in [-0.39, 0.29) is 24.4 Å². The quantitative estimate of drug-likeness (QED) is 0.705. The van der Waals surface area contributed by atoms with Gasteiger partial charge in [0.05, 0.1) is 19.3 Å². The van der Waals surface area contributed by atoms with Crippen LogP contribution in [0.5, 0.6) is 11.5 Å². The molecular weight excluding hydrogens is 400 g/mol. The van der Waals surface area contributed by atoms with Crippen molar-refractivity contribution in [3.05, 3.63) is 59.7 Å². The van der Waals surface area contributed by atoms with Crippen molar-refractivity contribution in [1.29, 1.82) is 0 Å². The number of hydrogen-bond donors (Lipinski definition) is 1. The summed E-state index contributed by atoms with van der Waals surface area (Å²) in [4.78, 5) is 15.6. The molecule has 2 aromatic rings. The standard InChI is InChI=1S/C24H30N2O3.ClH/c1-3-29-22-11-7-10-21(23(22)28-2)24(27)25-18-14-19-12-13-20(15-18)26(19)16-17-8-5-4-6-9-17;/h4-11,18-20H,3,12-16H2,1-2H3,(H,25,27);1H. The summed E-state index contributed by atoms with van der Waals surface area (Å²) in [6, 6.07) is 17.4. The third kappa shape index (κ3) is 4.73. The van der Waals surface area contributed by atoms with Gasteiger partial charge in [0.15, 0.2) is 11.5 Å². The van der Waals surface area contributed by atoms with Crippen LogP contribution in [0.25, 0.3) is 0 Å². The van der Waals surface area contributed by atoms with Crippen molar-refractivity contribution in [3.8, 4) is 11.5 Å². The number of nitrogens with zero attached hydrogens (tertiary/aromatic N) is 1. The number of fused-ring (bicyclic) bond motifs is 2. The molecule has 6 heteroatoms. The van der Waals surface area contributed by atoms with Crippen LogP contribution in [-0.2, 0) is 6.54 Å². The average Bonchev–Trinajstić information content (AvgIpc) is 2.96. The first-order valence-electron chi connectivity index (χ1n) is 10.6. The number of para-hydroxylation sites is 1. The summed E-state index contributed by atoms with van der Waals surface area (Å²) >= 11 is 0. The minimum Gasteiger partial charge on any atom is -0.492 e. The SMILES string of the molecule is CCOc1cccc(C(=O)NC2CC3CCC(C2)N3Cc2ccccc2)c1OC.Cl. The minimum absolute atomic E-state index is 0. The topological polar surface area (TPSA) is 50.8 Å². The van der Waals surface area contributed by atoms with Gasteiger partial charge in [0.2, 0.25) is 0 Å². The van der Waals surface area contributed by atoms with Crippen LogP contribution in [0.4, 0.5) is 0 Å². The number of halogens is 1. The number of nitrogens with one attached hydrogen (secondary N) is 1. The Morgan fingerprint density at radius 3 is 2.40 bits per heavy atom. The first kappa shape index (κ1) is 22.4. The Labute approximate surface area is 185 Å². The molecule has 2 unspecified atom stereocenters. The van der Waals surface area contributed by atoms with E-state index in [9.17, 15) is 4.79 Å². The van der Waals surface area contributed by atoms with Crippen molar-refractivity contribution in [3.63, 3.8) is 0 Å². The van der Waals surface area contributed by atoms with Gasteiger partial charge in [-0.3, -0.25) is 9.69 Å². The molecule has 1 N–H and O–H groups in total. The number of rotatable bonds is 7. The summed E-state index contributed by atoms with van der Waals surface area (Å²) in [6.45, 7) is 3.46. The highest BCUT2D eigenvalue weighted by Crippen LogP contribution is 2.37. The number of methoxy groups -OCH3 is 1. The van der Waals surface area contributed by atoms with Gasteiger partial charge in [-0.1, -0.05) is 36.4 Å². The zero-order chi connectivity index (χ0) is 20.2. The minimum atomic E-state index is -0.0793. The predicted molar refractivity (Wildman–Crippen MR) is 121 cm³/mol. The number of carbonyl (C=O) groups is 1. The molecule has 0 spiro atoms. The van der Waals surface area contributed by atoms with Crippen LogP contribution in [0.3, 0.4) is 0 Å². The smallest absolute Gasteiger partial charge is 0.255 e.